The maximum absolute atomic E-state index is 11.5. The molecule has 0 bridgehead atoms. The van der Waals surface area contributed by atoms with Crippen molar-refractivity contribution >= 4 is 17.6 Å². The van der Waals surface area contributed by atoms with E-state index < -0.39 is 0 Å². The standard InChI is InChI=1S/C17H27N5O/c1-17(2,3)21-16(18-4)20-11-13-5-7-14(8-6-13)22-10-9-19-15(23)12-22/h5-8H,9-12H2,1-4H3,(H,19,23)(H2,18,20,21). The van der Waals surface area contributed by atoms with Crippen LogP contribution in [0.25, 0.3) is 0 Å². The molecule has 6 heteroatoms. The highest BCUT2D eigenvalue weighted by Crippen LogP contribution is 2.16. The molecule has 0 aliphatic carbocycles. The SMILES string of the molecule is CN=C(NCc1ccc(N2CCNC(=O)C2)cc1)NC(C)(C)C. The van der Waals surface area contributed by atoms with Crippen molar-refractivity contribution in [1.29, 1.82) is 0 Å². The zero-order chi connectivity index (χ0) is 16.9. The van der Waals surface area contributed by atoms with Crippen molar-refractivity contribution in [1.82, 2.24) is 16.0 Å². The number of hydrogen-bond donors (Lipinski definition) is 3. The fourth-order valence-corrected chi connectivity index (χ4v) is 2.40. The molecule has 0 radical (unpaired) electrons. The fourth-order valence-electron chi connectivity index (χ4n) is 2.40. The van der Waals surface area contributed by atoms with Crippen LogP contribution in [0.5, 0.6) is 0 Å². The van der Waals surface area contributed by atoms with Crippen molar-refractivity contribution in [2.75, 3.05) is 31.6 Å². The molecule has 1 heterocycles. The van der Waals surface area contributed by atoms with Crippen molar-refractivity contribution in [3.05, 3.63) is 29.8 Å². The van der Waals surface area contributed by atoms with E-state index >= 15 is 0 Å². The van der Waals surface area contributed by atoms with Gasteiger partial charge in [-0.1, -0.05) is 12.1 Å². The third-order valence-electron chi connectivity index (χ3n) is 3.52. The lowest BCUT2D eigenvalue weighted by Gasteiger charge is -2.28. The number of amides is 1. The second-order valence-corrected chi connectivity index (χ2v) is 6.74. The molecule has 2 rings (SSSR count). The molecule has 0 aromatic heterocycles. The molecular weight excluding hydrogens is 290 g/mol. The first kappa shape index (κ1) is 17.1. The summed E-state index contributed by atoms with van der Waals surface area (Å²) >= 11 is 0. The number of rotatable bonds is 3. The maximum atomic E-state index is 11.5. The average Bonchev–Trinajstić information content (AvgIpc) is 2.51. The van der Waals surface area contributed by atoms with E-state index in [0.717, 1.165) is 18.2 Å². The zero-order valence-corrected chi connectivity index (χ0v) is 14.4. The number of hydrogen-bond acceptors (Lipinski definition) is 3. The minimum absolute atomic E-state index is 0.0272. The molecule has 1 fully saturated rings. The lowest BCUT2D eigenvalue weighted by molar-refractivity contribution is -0.120. The minimum Gasteiger partial charge on any atom is -0.360 e. The van der Waals surface area contributed by atoms with Gasteiger partial charge in [0.25, 0.3) is 0 Å². The summed E-state index contributed by atoms with van der Waals surface area (Å²) in [6.45, 7) is 8.99. The first-order chi connectivity index (χ1) is 10.9. The highest BCUT2D eigenvalue weighted by molar-refractivity contribution is 5.82. The molecular formula is C17H27N5O. The van der Waals surface area contributed by atoms with E-state index in [1.54, 1.807) is 7.05 Å². The van der Waals surface area contributed by atoms with Crippen LogP contribution in [0.4, 0.5) is 5.69 Å². The highest BCUT2D eigenvalue weighted by Gasteiger charge is 2.16. The monoisotopic (exact) mass is 317 g/mol. The summed E-state index contributed by atoms with van der Waals surface area (Å²) in [6.07, 6.45) is 0. The minimum atomic E-state index is -0.0272. The average molecular weight is 317 g/mol. The van der Waals surface area contributed by atoms with E-state index in [1.807, 2.05) is 0 Å². The lowest BCUT2D eigenvalue weighted by atomic mass is 10.1. The van der Waals surface area contributed by atoms with Crippen LogP contribution in [0.2, 0.25) is 0 Å². The number of nitrogens with one attached hydrogen (secondary N) is 3. The molecule has 1 amide bonds. The van der Waals surface area contributed by atoms with E-state index in [1.165, 1.54) is 5.56 Å². The van der Waals surface area contributed by atoms with Crippen molar-refractivity contribution in [2.24, 2.45) is 4.99 Å². The van der Waals surface area contributed by atoms with Gasteiger partial charge < -0.3 is 20.9 Å². The van der Waals surface area contributed by atoms with Gasteiger partial charge in [0, 0.05) is 37.9 Å². The van der Waals surface area contributed by atoms with Crippen LogP contribution in [0.1, 0.15) is 26.3 Å². The van der Waals surface area contributed by atoms with Crippen LogP contribution in [0.15, 0.2) is 29.3 Å². The van der Waals surface area contributed by atoms with Gasteiger partial charge in [-0.3, -0.25) is 9.79 Å². The molecule has 1 aliphatic heterocycles. The number of carbonyl (C=O) groups excluding carboxylic acids is 1. The highest BCUT2D eigenvalue weighted by atomic mass is 16.2. The molecule has 126 valence electrons. The molecule has 0 saturated carbocycles. The normalized spacial score (nSPS) is 16.1. The fraction of sp³-hybridized carbons (Fsp3) is 0.529. The summed E-state index contributed by atoms with van der Waals surface area (Å²) in [7, 11) is 1.77. The Kier molecular flexibility index (Phi) is 5.47. The number of anilines is 1. The summed E-state index contributed by atoms with van der Waals surface area (Å²) in [5, 5.41) is 9.48. The summed E-state index contributed by atoms with van der Waals surface area (Å²) in [4.78, 5) is 17.8. The van der Waals surface area contributed by atoms with E-state index in [2.05, 4.69) is 70.9 Å². The molecule has 1 saturated heterocycles. The molecule has 23 heavy (non-hydrogen) atoms. The molecule has 0 atom stereocenters. The van der Waals surface area contributed by atoms with Gasteiger partial charge in [-0.15, -0.1) is 0 Å². The van der Waals surface area contributed by atoms with Crippen LogP contribution < -0.4 is 20.9 Å². The summed E-state index contributed by atoms with van der Waals surface area (Å²) in [6, 6.07) is 8.30. The topological polar surface area (TPSA) is 68.8 Å². The number of guanidine groups is 1. The largest absolute Gasteiger partial charge is 0.360 e. The molecule has 0 unspecified atom stereocenters. The number of nitrogens with zero attached hydrogens (tertiary/aromatic N) is 2. The Hall–Kier alpha value is -2.24. The molecule has 1 aliphatic rings. The Bertz CT molecular complexity index is 559. The van der Waals surface area contributed by atoms with Crippen molar-refractivity contribution < 1.29 is 4.79 Å². The second-order valence-electron chi connectivity index (χ2n) is 6.74. The molecule has 1 aromatic rings. The summed E-state index contributed by atoms with van der Waals surface area (Å²) in [5.74, 6) is 0.869. The van der Waals surface area contributed by atoms with Crippen LogP contribution in [-0.2, 0) is 11.3 Å². The predicted molar refractivity (Wildman–Crippen MR) is 94.8 cm³/mol. The zero-order valence-electron chi connectivity index (χ0n) is 14.4. The van der Waals surface area contributed by atoms with Gasteiger partial charge in [-0.25, -0.2) is 0 Å². The molecule has 3 N–H and O–H groups in total. The number of piperazine rings is 1. The Balaban J connectivity index is 1.91. The van der Waals surface area contributed by atoms with Gasteiger partial charge in [0.05, 0.1) is 6.54 Å². The molecule has 0 spiro atoms. The number of aliphatic imine (C=N–C) groups is 1. The van der Waals surface area contributed by atoms with E-state index in [9.17, 15) is 4.79 Å². The Morgan fingerprint density at radius 2 is 2.00 bits per heavy atom. The van der Waals surface area contributed by atoms with Crippen LogP contribution in [0.3, 0.4) is 0 Å². The maximum Gasteiger partial charge on any atom is 0.239 e. The Morgan fingerprint density at radius 1 is 1.30 bits per heavy atom. The molecule has 6 nitrogen and oxygen atoms in total. The van der Waals surface area contributed by atoms with Gasteiger partial charge in [-0.2, -0.15) is 0 Å². The quantitative estimate of drug-likeness (QED) is 0.576. The summed E-state index contributed by atoms with van der Waals surface area (Å²) < 4.78 is 0. The van der Waals surface area contributed by atoms with E-state index in [4.69, 9.17) is 0 Å². The van der Waals surface area contributed by atoms with Gasteiger partial charge in [0.2, 0.25) is 5.91 Å². The van der Waals surface area contributed by atoms with Crippen molar-refractivity contribution in [3.8, 4) is 0 Å². The van der Waals surface area contributed by atoms with Gasteiger partial charge in [0.1, 0.15) is 0 Å². The number of carbonyl (C=O) groups is 1. The van der Waals surface area contributed by atoms with Crippen molar-refractivity contribution in [2.45, 2.75) is 32.9 Å². The smallest absolute Gasteiger partial charge is 0.239 e. The van der Waals surface area contributed by atoms with E-state index in [0.29, 0.717) is 19.6 Å². The second kappa shape index (κ2) is 7.35. The first-order valence-electron chi connectivity index (χ1n) is 7.97. The van der Waals surface area contributed by atoms with Crippen molar-refractivity contribution in [3.63, 3.8) is 0 Å². The van der Waals surface area contributed by atoms with Gasteiger partial charge in [-0.05, 0) is 38.5 Å². The third kappa shape index (κ3) is 5.47. The Morgan fingerprint density at radius 3 is 2.57 bits per heavy atom. The van der Waals surface area contributed by atoms with Crippen LogP contribution in [-0.4, -0.2) is 44.1 Å². The van der Waals surface area contributed by atoms with E-state index in [-0.39, 0.29) is 11.4 Å². The van der Waals surface area contributed by atoms with Crippen LogP contribution in [0, 0.1) is 0 Å². The molecule has 1 aromatic carbocycles. The lowest BCUT2D eigenvalue weighted by Crippen LogP contribution is -2.47. The summed E-state index contributed by atoms with van der Waals surface area (Å²) in [5.41, 5.74) is 2.23. The number of benzene rings is 1. The third-order valence-corrected chi connectivity index (χ3v) is 3.52. The van der Waals surface area contributed by atoms with Crippen LogP contribution >= 0.6 is 0 Å². The van der Waals surface area contributed by atoms with Gasteiger partial charge in [0.15, 0.2) is 5.96 Å². The van der Waals surface area contributed by atoms with Gasteiger partial charge >= 0.3 is 0 Å². The Labute approximate surface area is 138 Å². The predicted octanol–water partition coefficient (Wildman–Crippen LogP) is 1.09. The first-order valence-corrected chi connectivity index (χ1v) is 7.97.